The molecule has 2 fully saturated rings. The van der Waals surface area contributed by atoms with E-state index in [1.54, 1.807) is 24.3 Å². The number of halogens is 3. The predicted molar refractivity (Wildman–Crippen MR) is 171 cm³/mol. The first-order valence-corrected chi connectivity index (χ1v) is 15.5. The molecule has 0 saturated carbocycles. The fraction of sp³-hybridized carbons (Fsp3) is 0.414. The maximum absolute atomic E-state index is 12.8. The van der Waals surface area contributed by atoms with Crippen LogP contribution in [0.15, 0.2) is 53.4 Å². The molecule has 0 aliphatic carbocycles. The Morgan fingerprint density at radius 1 is 0.761 bits per heavy atom. The molecule has 13 nitrogen and oxygen atoms in total. The van der Waals surface area contributed by atoms with E-state index in [0.717, 1.165) is 0 Å². The summed E-state index contributed by atoms with van der Waals surface area (Å²) in [5, 5.41) is 5.69. The third-order valence-corrected chi connectivity index (χ3v) is 8.10. The van der Waals surface area contributed by atoms with Crippen molar-refractivity contribution < 1.29 is 22.8 Å². The van der Waals surface area contributed by atoms with Gasteiger partial charge in [0.1, 0.15) is 0 Å². The summed E-state index contributed by atoms with van der Waals surface area (Å²) in [7, 11) is 0. The van der Waals surface area contributed by atoms with Gasteiger partial charge in [-0.2, -0.15) is 28.1 Å². The van der Waals surface area contributed by atoms with Gasteiger partial charge in [-0.05, 0) is 73.1 Å². The zero-order valence-electron chi connectivity index (χ0n) is 24.8. The third kappa shape index (κ3) is 9.26. The molecule has 5 rings (SSSR count). The van der Waals surface area contributed by atoms with Gasteiger partial charge in [-0.3, -0.25) is 9.59 Å². The van der Waals surface area contributed by atoms with Crippen LogP contribution in [0.25, 0.3) is 0 Å². The van der Waals surface area contributed by atoms with Crippen LogP contribution in [-0.4, -0.2) is 82.5 Å². The Hall–Kier alpha value is -4.03. The lowest BCUT2D eigenvalue weighted by Gasteiger charge is -2.37. The van der Waals surface area contributed by atoms with E-state index < -0.39 is 23.6 Å². The van der Waals surface area contributed by atoms with Gasteiger partial charge in [0.05, 0.1) is 6.42 Å². The zero-order valence-corrected chi connectivity index (χ0v) is 25.6. The van der Waals surface area contributed by atoms with Crippen molar-refractivity contribution in [2.24, 2.45) is 22.9 Å². The number of benzene rings is 2. The van der Waals surface area contributed by atoms with Crippen LogP contribution in [0, 0.1) is 0 Å². The minimum atomic E-state index is -4.41. The van der Waals surface area contributed by atoms with E-state index in [2.05, 4.69) is 20.6 Å². The van der Waals surface area contributed by atoms with E-state index in [4.69, 9.17) is 27.9 Å². The van der Waals surface area contributed by atoms with Crippen LogP contribution in [0.1, 0.15) is 29.6 Å². The standard InChI is InChI=1S/C29H36F3N11O2S/c30-29(31,32)46-23-7-5-21(6-8-23)37-25(45)11-24(44)16-1-3-22(4-2-16)38-26-39-27(42-12-17(33)9-18(34)13-42)41-28(40-26)43-14-19(35)10-20(36)15-43/h1-8,17-20H,9-15,33-36H2,(H,37,45)(H,38,39,40,41)/t17-,18+,19-,20+. The molecule has 1 aromatic heterocycles. The summed E-state index contributed by atoms with van der Waals surface area (Å²) in [4.78, 5) is 43.0. The lowest BCUT2D eigenvalue weighted by molar-refractivity contribution is -0.115. The fourth-order valence-electron chi connectivity index (χ4n) is 5.44. The smallest absolute Gasteiger partial charge is 0.338 e. The molecule has 3 aromatic rings. The lowest BCUT2D eigenvalue weighted by Crippen LogP contribution is -2.54. The van der Waals surface area contributed by atoms with Crippen LogP contribution in [0.5, 0.6) is 0 Å². The van der Waals surface area contributed by atoms with Gasteiger partial charge >= 0.3 is 5.51 Å². The normalized spacial score (nSPS) is 22.0. The van der Waals surface area contributed by atoms with E-state index >= 15 is 0 Å². The summed E-state index contributed by atoms with van der Waals surface area (Å²) >= 11 is -0.253. The summed E-state index contributed by atoms with van der Waals surface area (Å²) in [6, 6.07) is 11.1. The molecule has 0 bridgehead atoms. The van der Waals surface area contributed by atoms with Crippen LogP contribution in [0.4, 0.5) is 42.4 Å². The molecular weight excluding hydrogens is 623 g/mol. The summed E-state index contributed by atoms with van der Waals surface area (Å²) in [5.74, 6) is 0.0600. The predicted octanol–water partition coefficient (Wildman–Crippen LogP) is 2.17. The van der Waals surface area contributed by atoms with Crippen LogP contribution >= 0.6 is 11.8 Å². The highest BCUT2D eigenvalue weighted by Gasteiger charge is 2.30. The molecule has 2 aliphatic rings. The quantitative estimate of drug-likeness (QED) is 0.111. The Bertz CT molecular complexity index is 1460. The van der Waals surface area contributed by atoms with Gasteiger partial charge in [-0.15, -0.1) is 0 Å². The minimum absolute atomic E-state index is 0.0142. The molecule has 0 unspecified atom stereocenters. The van der Waals surface area contributed by atoms with Crippen LogP contribution < -0.4 is 43.4 Å². The molecule has 0 radical (unpaired) electrons. The first kappa shape index (κ1) is 33.3. The topological polar surface area (TPSA) is 207 Å². The Balaban J connectivity index is 1.25. The molecule has 2 saturated heterocycles. The number of nitrogens with zero attached hydrogens (tertiary/aromatic N) is 5. The van der Waals surface area contributed by atoms with Gasteiger partial charge in [0.15, 0.2) is 5.78 Å². The van der Waals surface area contributed by atoms with E-state index in [1.165, 1.54) is 24.3 Å². The second kappa shape index (κ2) is 14.2. The summed E-state index contributed by atoms with van der Waals surface area (Å²) in [6.45, 7) is 2.12. The summed E-state index contributed by atoms with van der Waals surface area (Å²) in [5.41, 5.74) is 21.6. The Morgan fingerprint density at radius 2 is 1.24 bits per heavy atom. The minimum Gasteiger partial charge on any atom is -0.338 e. The van der Waals surface area contributed by atoms with Gasteiger partial charge in [0.2, 0.25) is 23.8 Å². The Labute approximate surface area is 267 Å². The number of ketones is 1. The van der Waals surface area contributed by atoms with Crippen LogP contribution in [-0.2, 0) is 4.79 Å². The molecule has 46 heavy (non-hydrogen) atoms. The number of piperidine rings is 2. The van der Waals surface area contributed by atoms with Crippen molar-refractivity contribution in [3.8, 4) is 0 Å². The molecule has 3 heterocycles. The van der Waals surface area contributed by atoms with Crippen molar-refractivity contribution in [2.45, 2.75) is 53.8 Å². The maximum atomic E-state index is 12.8. The number of carbonyl (C=O) groups excluding carboxylic acids is 2. The number of carbonyl (C=O) groups is 2. The largest absolute Gasteiger partial charge is 0.446 e. The molecule has 2 aliphatic heterocycles. The number of nitrogens with two attached hydrogens (primary N) is 4. The first-order chi connectivity index (χ1) is 21.8. The molecule has 4 atom stereocenters. The van der Waals surface area contributed by atoms with E-state index in [-0.39, 0.29) is 52.5 Å². The maximum Gasteiger partial charge on any atom is 0.446 e. The SMILES string of the molecule is N[C@@H]1C[C@H](N)CN(c2nc(Nc3ccc(C(=O)CC(=O)Nc4ccc(SC(F)(F)F)cc4)cc3)nc(N3C[C@H](N)C[C@H](N)C3)n2)C1. The van der Waals surface area contributed by atoms with E-state index in [1.807, 2.05) is 9.80 Å². The van der Waals surface area contributed by atoms with E-state index in [0.29, 0.717) is 62.2 Å². The highest BCUT2D eigenvalue weighted by atomic mass is 32.2. The van der Waals surface area contributed by atoms with Crippen molar-refractivity contribution >= 4 is 52.7 Å². The number of thioether (sulfide) groups is 1. The van der Waals surface area contributed by atoms with Crippen LogP contribution in [0.3, 0.4) is 0 Å². The summed E-state index contributed by atoms with van der Waals surface area (Å²) < 4.78 is 37.6. The molecule has 17 heteroatoms. The van der Waals surface area contributed by atoms with Crippen molar-refractivity contribution in [1.29, 1.82) is 0 Å². The number of Topliss-reactive ketones (excluding diaryl/α,β-unsaturated/α-hetero) is 1. The van der Waals surface area contributed by atoms with Crippen molar-refractivity contribution in [2.75, 3.05) is 46.6 Å². The molecule has 2 aromatic carbocycles. The number of rotatable bonds is 9. The molecular formula is C29H36F3N11O2S. The number of hydrogen-bond acceptors (Lipinski definition) is 13. The number of anilines is 5. The number of nitrogens with one attached hydrogen (secondary N) is 2. The average molecular weight is 660 g/mol. The third-order valence-electron chi connectivity index (χ3n) is 7.36. The van der Waals surface area contributed by atoms with Crippen molar-refractivity contribution in [1.82, 2.24) is 15.0 Å². The fourth-order valence-corrected chi connectivity index (χ4v) is 5.98. The number of amides is 1. The highest BCUT2D eigenvalue weighted by Crippen LogP contribution is 2.37. The lowest BCUT2D eigenvalue weighted by atomic mass is 10.0. The van der Waals surface area contributed by atoms with Crippen molar-refractivity contribution in [3.05, 3.63) is 54.1 Å². The molecule has 10 N–H and O–H groups in total. The monoisotopic (exact) mass is 659 g/mol. The van der Waals surface area contributed by atoms with Gasteiger partial charge in [-0.1, -0.05) is 0 Å². The molecule has 0 spiro atoms. The highest BCUT2D eigenvalue weighted by molar-refractivity contribution is 8.00. The van der Waals surface area contributed by atoms with Gasteiger partial charge in [0, 0.05) is 72.2 Å². The van der Waals surface area contributed by atoms with Gasteiger partial charge < -0.3 is 43.4 Å². The Morgan fingerprint density at radius 3 is 1.72 bits per heavy atom. The first-order valence-electron chi connectivity index (χ1n) is 14.6. The number of hydrogen-bond donors (Lipinski definition) is 6. The number of alkyl halides is 3. The Kier molecular flexibility index (Phi) is 10.3. The molecule has 246 valence electrons. The number of aromatic nitrogens is 3. The molecule has 1 amide bonds. The van der Waals surface area contributed by atoms with Crippen molar-refractivity contribution in [3.63, 3.8) is 0 Å². The van der Waals surface area contributed by atoms with Gasteiger partial charge in [0.25, 0.3) is 0 Å². The second-order valence-electron chi connectivity index (χ2n) is 11.5. The van der Waals surface area contributed by atoms with E-state index in [9.17, 15) is 22.8 Å². The van der Waals surface area contributed by atoms with Gasteiger partial charge in [-0.25, -0.2) is 0 Å². The zero-order chi connectivity index (χ0) is 33.0. The average Bonchev–Trinajstić information content (AvgIpc) is 2.96. The van der Waals surface area contributed by atoms with Crippen LogP contribution in [0.2, 0.25) is 0 Å². The summed E-state index contributed by atoms with van der Waals surface area (Å²) in [6.07, 6.45) is 0.936. The second-order valence-corrected chi connectivity index (χ2v) is 12.6.